The fraction of sp³-hybridized carbons (Fsp3) is 0.321. The Morgan fingerprint density at radius 2 is 2.00 bits per heavy atom. The van der Waals surface area contributed by atoms with Gasteiger partial charge in [-0.05, 0) is 66.4 Å². The number of pyridine rings is 1. The molecule has 3 aliphatic heterocycles. The smallest absolute Gasteiger partial charge is 0.255 e. The Labute approximate surface area is 217 Å². The van der Waals surface area contributed by atoms with Crippen LogP contribution in [0.4, 0.5) is 4.39 Å². The summed E-state index contributed by atoms with van der Waals surface area (Å²) in [6.07, 6.45) is 1.29. The number of fused-ring (bicyclic) bond motifs is 2. The minimum Gasteiger partial charge on any atom is -0.489 e. The number of nitrogens with one attached hydrogen (secondary N) is 1. The van der Waals surface area contributed by atoms with Crippen LogP contribution in [0.2, 0.25) is 0 Å². The van der Waals surface area contributed by atoms with E-state index >= 15 is 0 Å². The summed E-state index contributed by atoms with van der Waals surface area (Å²) in [5.41, 5.74) is 2.55. The first kappa shape index (κ1) is 24.0. The maximum Gasteiger partial charge on any atom is 0.255 e. The second kappa shape index (κ2) is 9.50. The predicted octanol–water partition coefficient (Wildman–Crippen LogP) is 2.66. The van der Waals surface area contributed by atoms with Crippen LogP contribution in [0.15, 0.2) is 42.5 Å². The van der Waals surface area contributed by atoms with Gasteiger partial charge in [0.05, 0.1) is 0 Å². The predicted molar refractivity (Wildman–Crippen MR) is 133 cm³/mol. The number of amides is 3. The molecule has 0 radical (unpaired) electrons. The minimum atomic E-state index is -0.649. The molecule has 3 aliphatic rings. The Balaban J connectivity index is 1.09. The monoisotopic (exact) mass is 513 g/mol. The molecular formula is C28H24FN5O4. The molecule has 3 amide bonds. The zero-order valence-corrected chi connectivity index (χ0v) is 20.4. The molecule has 3 aromatic rings. The van der Waals surface area contributed by atoms with Gasteiger partial charge in [0.15, 0.2) is 0 Å². The zero-order chi connectivity index (χ0) is 26.4. The minimum absolute atomic E-state index is 0.0541. The quantitative estimate of drug-likeness (QED) is 0.522. The van der Waals surface area contributed by atoms with E-state index in [-0.39, 0.29) is 35.5 Å². The molecule has 0 bridgehead atoms. The Bertz CT molecular complexity index is 1530. The summed E-state index contributed by atoms with van der Waals surface area (Å²) in [4.78, 5) is 44.4. The van der Waals surface area contributed by atoms with E-state index in [1.54, 1.807) is 24.3 Å². The average molecular weight is 514 g/mol. The lowest BCUT2D eigenvalue weighted by Crippen LogP contribution is -2.52. The first-order valence-corrected chi connectivity index (χ1v) is 12.5. The van der Waals surface area contributed by atoms with Crippen LogP contribution in [-0.4, -0.2) is 57.7 Å². The van der Waals surface area contributed by atoms with Crippen molar-refractivity contribution in [1.29, 1.82) is 5.26 Å². The van der Waals surface area contributed by atoms with E-state index in [0.29, 0.717) is 42.8 Å². The third kappa shape index (κ3) is 4.46. The number of nitriles is 1. The van der Waals surface area contributed by atoms with Crippen molar-refractivity contribution in [3.63, 3.8) is 0 Å². The number of rotatable bonds is 5. The summed E-state index contributed by atoms with van der Waals surface area (Å²) in [5.74, 6) is -0.743. The number of ether oxygens (including phenoxy) is 1. The highest BCUT2D eigenvalue weighted by molar-refractivity contribution is 6.05. The molecular weight excluding hydrogens is 489 g/mol. The van der Waals surface area contributed by atoms with Gasteiger partial charge in [-0.2, -0.15) is 5.26 Å². The van der Waals surface area contributed by atoms with E-state index in [0.717, 1.165) is 24.1 Å². The maximum atomic E-state index is 14.6. The standard InChI is InChI=1S/C28H24FN5O4/c29-23-10-16(9-17-1-2-19(12-30)31-26(17)23)13-33-8-7-21(15-33)38-20-3-4-22-18(11-20)14-34(28(22)37)24-5-6-25(35)32-27(24)36/h1-4,9-11,21,24H,5-8,13-15H2,(H,32,35,36)/t21-,24-/m0/s1. The molecule has 1 aromatic heterocycles. The SMILES string of the molecule is N#Cc1ccc2cc(CN3CC[C@H](Oc4ccc5c(c4)CN([C@H]4CCC(=O)NC4=O)C5=O)C3)cc(F)c2n1. The van der Waals surface area contributed by atoms with Crippen molar-refractivity contribution in [2.45, 2.75) is 44.5 Å². The Hall–Kier alpha value is -4.36. The second-order valence-electron chi connectivity index (χ2n) is 9.94. The van der Waals surface area contributed by atoms with Gasteiger partial charge in [0.2, 0.25) is 11.8 Å². The van der Waals surface area contributed by atoms with Crippen LogP contribution in [0.1, 0.15) is 46.4 Å². The summed E-state index contributed by atoms with van der Waals surface area (Å²) < 4.78 is 20.9. The molecule has 1 N–H and O–H groups in total. The first-order valence-electron chi connectivity index (χ1n) is 12.5. The van der Waals surface area contributed by atoms with Crippen LogP contribution in [0, 0.1) is 17.1 Å². The number of halogens is 1. The summed E-state index contributed by atoms with van der Waals surface area (Å²) in [6.45, 7) is 2.32. The normalized spacial score (nSPS) is 21.5. The summed E-state index contributed by atoms with van der Waals surface area (Å²) >= 11 is 0. The van der Waals surface area contributed by atoms with E-state index in [9.17, 15) is 18.8 Å². The number of benzene rings is 2. The van der Waals surface area contributed by atoms with Gasteiger partial charge in [-0.25, -0.2) is 9.37 Å². The molecule has 38 heavy (non-hydrogen) atoms. The molecule has 9 nitrogen and oxygen atoms in total. The van der Waals surface area contributed by atoms with Crippen molar-refractivity contribution in [2.24, 2.45) is 0 Å². The number of likely N-dealkylation sites (tertiary alicyclic amines) is 1. The fourth-order valence-corrected chi connectivity index (χ4v) is 5.52. The lowest BCUT2D eigenvalue weighted by molar-refractivity contribution is -0.136. The number of carbonyl (C=O) groups is 3. The highest BCUT2D eigenvalue weighted by Gasteiger charge is 2.39. The van der Waals surface area contributed by atoms with Gasteiger partial charge in [-0.3, -0.25) is 24.6 Å². The number of hydrogen-bond donors (Lipinski definition) is 1. The maximum absolute atomic E-state index is 14.6. The molecule has 6 rings (SSSR count). The van der Waals surface area contributed by atoms with Crippen LogP contribution in [0.25, 0.3) is 10.9 Å². The molecule has 2 fully saturated rings. The number of carbonyl (C=O) groups excluding carboxylic acids is 3. The van der Waals surface area contributed by atoms with Gasteiger partial charge >= 0.3 is 0 Å². The fourth-order valence-electron chi connectivity index (χ4n) is 5.52. The highest BCUT2D eigenvalue weighted by atomic mass is 19.1. The third-order valence-corrected chi connectivity index (χ3v) is 7.35. The van der Waals surface area contributed by atoms with Crippen molar-refractivity contribution in [3.05, 3.63) is 70.7 Å². The van der Waals surface area contributed by atoms with Crippen LogP contribution in [0.3, 0.4) is 0 Å². The van der Waals surface area contributed by atoms with Gasteiger partial charge < -0.3 is 9.64 Å². The van der Waals surface area contributed by atoms with Crippen LogP contribution in [-0.2, 0) is 22.7 Å². The first-order chi connectivity index (χ1) is 18.4. The van der Waals surface area contributed by atoms with Crippen LogP contribution >= 0.6 is 0 Å². The van der Waals surface area contributed by atoms with E-state index in [1.807, 2.05) is 18.2 Å². The number of nitrogens with zero attached hydrogens (tertiary/aromatic N) is 4. The lowest BCUT2D eigenvalue weighted by Gasteiger charge is -2.29. The summed E-state index contributed by atoms with van der Waals surface area (Å²) in [7, 11) is 0. The molecule has 2 atom stereocenters. The molecule has 10 heteroatoms. The Morgan fingerprint density at radius 3 is 2.82 bits per heavy atom. The van der Waals surface area contributed by atoms with Crippen LogP contribution < -0.4 is 10.1 Å². The highest BCUT2D eigenvalue weighted by Crippen LogP contribution is 2.31. The van der Waals surface area contributed by atoms with Gasteiger partial charge in [0.25, 0.3) is 5.91 Å². The van der Waals surface area contributed by atoms with Crippen molar-refractivity contribution < 1.29 is 23.5 Å². The zero-order valence-electron chi connectivity index (χ0n) is 20.4. The number of imide groups is 1. The largest absolute Gasteiger partial charge is 0.489 e. The summed E-state index contributed by atoms with van der Waals surface area (Å²) in [6, 6.07) is 13.3. The van der Waals surface area contributed by atoms with Crippen molar-refractivity contribution >= 4 is 28.6 Å². The second-order valence-corrected chi connectivity index (χ2v) is 9.94. The van der Waals surface area contributed by atoms with Crippen molar-refractivity contribution in [1.82, 2.24) is 20.1 Å². The number of aromatic nitrogens is 1. The molecule has 0 spiro atoms. The van der Waals surface area contributed by atoms with E-state index < -0.39 is 17.8 Å². The lowest BCUT2D eigenvalue weighted by atomic mass is 10.0. The average Bonchev–Trinajstić information content (AvgIpc) is 3.47. The molecule has 2 saturated heterocycles. The van der Waals surface area contributed by atoms with Crippen molar-refractivity contribution in [2.75, 3.05) is 13.1 Å². The van der Waals surface area contributed by atoms with Gasteiger partial charge in [-0.15, -0.1) is 0 Å². The molecule has 0 aliphatic carbocycles. The van der Waals surface area contributed by atoms with Crippen molar-refractivity contribution in [3.8, 4) is 11.8 Å². The van der Waals surface area contributed by atoms with Gasteiger partial charge in [-0.1, -0.05) is 0 Å². The number of piperidine rings is 1. The third-order valence-electron chi connectivity index (χ3n) is 7.35. The summed E-state index contributed by atoms with van der Waals surface area (Å²) in [5, 5.41) is 12.0. The van der Waals surface area contributed by atoms with Crippen LogP contribution in [0.5, 0.6) is 5.75 Å². The Kier molecular flexibility index (Phi) is 6.00. The molecule has 2 aromatic carbocycles. The van der Waals surface area contributed by atoms with Gasteiger partial charge in [0.1, 0.15) is 41.0 Å². The molecule has 0 saturated carbocycles. The van der Waals surface area contributed by atoms with Gasteiger partial charge in [0, 0.05) is 43.5 Å². The molecule has 4 heterocycles. The van der Waals surface area contributed by atoms with E-state index in [1.165, 1.54) is 11.0 Å². The Morgan fingerprint density at radius 1 is 1.13 bits per heavy atom. The number of hydrogen-bond acceptors (Lipinski definition) is 7. The molecule has 0 unspecified atom stereocenters. The van der Waals surface area contributed by atoms with E-state index in [2.05, 4.69) is 15.2 Å². The topological polar surface area (TPSA) is 116 Å². The van der Waals surface area contributed by atoms with E-state index in [4.69, 9.17) is 10.00 Å². The molecule has 192 valence electrons.